The number of ether oxygens (including phenoxy) is 4. The van der Waals surface area contributed by atoms with Crippen molar-refractivity contribution in [2.45, 2.75) is 145 Å². The van der Waals surface area contributed by atoms with Crippen molar-refractivity contribution in [2.24, 2.45) is 10.8 Å². The van der Waals surface area contributed by atoms with Gasteiger partial charge in [-0.3, -0.25) is 29.1 Å². The lowest BCUT2D eigenvalue weighted by atomic mass is 9.90. The van der Waals surface area contributed by atoms with Gasteiger partial charge in [-0.05, 0) is 82.8 Å². The minimum absolute atomic E-state index is 0.0180. The molecule has 1 fully saturated rings. The number of pyridine rings is 2. The van der Waals surface area contributed by atoms with Crippen LogP contribution in [0.4, 0.5) is 11.6 Å². The summed E-state index contributed by atoms with van der Waals surface area (Å²) >= 11 is 0. The molecule has 17 heteroatoms. The van der Waals surface area contributed by atoms with E-state index in [1.54, 1.807) is 55.4 Å². The number of nitrogens with zero attached hydrogens (tertiary/aromatic N) is 8. The smallest absolute Gasteiger partial charge is 0.182 e. The van der Waals surface area contributed by atoms with Crippen LogP contribution in [0.5, 0.6) is 11.5 Å². The lowest BCUT2D eigenvalue weighted by molar-refractivity contribution is -0.221. The predicted octanol–water partition coefficient (Wildman–Crippen LogP) is 8.07. The summed E-state index contributed by atoms with van der Waals surface area (Å²) in [5.74, 6) is 3.12. The second-order valence-corrected chi connectivity index (χ2v) is 22.3. The monoisotopic (exact) mass is 965 g/mol. The summed E-state index contributed by atoms with van der Waals surface area (Å²) in [5.41, 5.74) is 1.61. The molecule has 378 valence electrons. The zero-order chi connectivity index (χ0) is 51.2. The molecule has 7 rings (SSSR count). The van der Waals surface area contributed by atoms with Gasteiger partial charge in [0.2, 0.25) is 0 Å². The zero-order valence-electron chi connectivity index (χ0n) is 43.2. The van der Waals surface area contributed by atoms with Gasteiger partial charge in [-0.15, -0.1) is 0 Å². The number of Topliss-reactive ketones (excluding diaryl/α,β-unsaturated/α-hetero) is 4. The zero-order valence-corrected chi connectivity index (χ0v) is 43.2. The van der Waals surface area contributed by atoms with Crippen LogP contribution in [0.1, 0.15) is 146 Å². The Morgan fingerprint density at radius 2 is 1.13 bits per heavy atom. The number of aromatic nitrogens is 6. The maximum atomic E-state index is 12.7. The number of ketones is 4. The van der Waals surface area contributed by atoms with Gasteiger partial charge in [0.05, 0.1) is 24.3 Å². The van der Waals surface area contributed by atoms with Gasteiger partial charge in [-0.2, -0.15) is 0 Å². The molecule has 0 bridgehead atoms. The van der Waals surface area contributed by atoms with Crippen molar-refractivity contribution in [3.05, 3.63) is 59.2 Å². The molecule has 0 spiro atoms. The molecule has 70 heavy (non-hydrogen) atoms. The highest BCUT2D eigenvalue weighted by Gasteiger charge is 2.32. The molecule has 1 aliphatic heterocycles. The fourth-order valence-electron chi connectivity index (χ4n) is 8.37. The third-order valence-corrected chi connectivity index (χ3v) is 11.4. The first kappa shape index (κ1) is 53.6. The summed E-state index contributed by atoms with van der Waals surface area (Å²) in [7, 11) is 3.65. The van der Waals surface area contributed by atoms with E-state index in [-0.39, 0.29) is 59.9 Å². The van der Waals surface area contributed by atoms with Gasteiger partial charge in [-0.1, -0.05) is 41.5 Å². The predicted molar refractivity (Wildman–Crippen MR) is 267 cm³/mol. The summed E-state index contributed by atoms with van der Waals surface area (Å²) in [6, 6.07) is 6.91. The summed E-state index contributed by atoms with van der Waals surface area (Å²) in [5, 5.41) is 9.90. The van der Waals surface area contributed by atoms with Crippen molar-refractivity contribution in [1.82, 2.24) is 29.9 Å². The van der Waals surface area contributed by atoms with Crippen LogP contribution in [0.3, 0.4) is 0 Å². The number of likely N-dealkylation sites (N-methyl/N-ethyl adjacent to an activating group) is 2. The van der Waals surface area contributed by atoms with Crippen molar-refractivity contribution < 1.29 is 43.2 Å². The standard InChI is InChI=1S/C29H40N4O5.C24H32N4O4/c1-28(2,3)16-19(34)17-33(6)27-21-10-11-23(35)25(21)31-26(32-27)22-15-20(12-13-30-22)37-18-29(4,5)38-24-9-7-8-14-36-24;1-23(2,3)12-15(29)13-28(6)22-17-7-8-19(30)20(17)26-21(27-22)18-11-16(9-10-25-18)32-14-24(4,5)31/h12-13,15,24H,7-11,14,16-18H2,1-6H3;9-11,31H,7-8,12-14H2,1-6H3. The van der Waals surface area contributed by atoms with Crippen molar-refractivity contribution in [3.63, 3.8) is 0 Å². The number of fused-ring (bicyclic) bond motifs is 2. The number of carbonyl (C=O) groups is 4. The van der Waals surface area contributed by atoms with Gasteiger partial charge < -0.3 is 33.9 Å². The van der Waals surface area contributed by atoms with E-state index in [1.165, 1.54) is 0 Å². The van der Waals surface area contributed by atoms with E-state index in [2.05, 4.69) is 19.9 Å². The molecule has 1 atom stereocenters. The van der Waals surface area contributed by atoms with Crippen LogP contribution in [0.2, 0.25) is 0 Å². The molecule has 0 amide bonds. The average Bonchev–Trinajstić information content (AvgIpc) is 3.84. The molecule has 5 heterocycles. The van der Waals surface area contributed by atoms with Gasteiger partial charge in [0.1, 0.15) is 59.1 Å². The summed E-state index contributed by atoms with van der Waals surface area (Å²) in [4.78, 5) is 81.3. The van der Waals surface area contributed by atoms with E-state index in [1.807, 2.05) is 74.4 Å². The Morgan fingerprint density at radius 1 is 0.671 bits per heavy atom. The lowest BCUT2D eigenvalue weighted by Gasteiger charge is -2.32. The van der Waals surface area contributed by atoms with E-state index in [0.717, 1.165) is 37.0 Å². The highest BCUT2D eigenvalue weighted by Crippen LogP contribution is 2.34. The molecule has 0 saturated carbocycles. The molecule has 1 N–H and O–H groups in total. The van der Waals surface area contributed by atoms with Crippen LogP contribution in [0.25, 0.3) is 23.0 Å². The molecule has 0 aromatic carbocycles. The molecular weight excluding hydrogens is 893 g/mol. The van der Waals surface area contributed by atoms with Crippen molar-refractivity contribution >= 4 is 34.8 Å². The maximum absolute atomic E-state index is 12.7. The van der Waals surface area contributed by atoms with Crippen LogP contribution in [0, 0.1) is 10.8 Å². The Kier molecular flexibility index (Phi) is 16.9. The Morgan fingerprint density at radius 3 is 1.54 bits per heavy atom. The Balaban J connectivity index is 0.000000233. The van der Waals surface area contributed by atoms with Gasteiger partial charge >= 0.3 is 0 Å². The van der Waals surface area contributed by atoms with Crippen molar-refractivity contribution in [1.29, 1.82) is 0 Å². The molecule has 1 unspecified atom stereocenters. The summed E-state index contributed by atoms with van der Waals surface area (Å²) < 4.78 is 23.6. The third-order valence-electron chi connectivity index (χ3n) is 11.4. The summed E-state index contributed by atoms with van der Waals surface area (Å²) in [6.07, 6.45) is 8.87. The molecule has 0 radical (unpaired) electrons. The normalized spacial score (nSPS) is 16.0. The van der Waals surface area contributed by atoms with E-state index in [0.29, 0.717) is 103 Å². The molecule has 1 saturated heterocycles. The SMILES string of the molecule is CN(CC(=O)CC(C)(C)C)c1nc(-c2cc(OCC(C)(C)O)ccn2)nc2c1CCC2=O.CN(CC(=O)CC(C)(C)C)c1nc(-c2cc(OCC(C)(C)OC3CCCCO3)ccn2)nc2c1CCC2=O. The lowest BCUT2D eigenvalue weighted by Crippen LogP contribution is -2.38. The molecule has 2 aliphatic carbocycles. The number of rotatable bonds is 18. The van der Waals surface area contributed by atoms with Crippen LogP contribution in [-0.4, -0.2) is 123 Å². The first-order chi connectivity index (χ1) is 32.7. The molecule has 17 nitrogen and oxygen atoms in total. The van der Waals surface area contributed by atoms with E-state index in [4.69, 9.17) is 28.9 Å². The molecule has 4 aromatic rings. The third kappa shape index (κ3) is 15.4. The number of hydrogen-bond donors (Lipinski definition) is 1. The maximum Gasteiger partial charge on any atom is 0.182 e. The topological polar surface area (TPSA) is 209 Å². The minimum Gasteiger partial charge on any atom is -0.490 e. The summed E-state index contributed by atoms with van der Waals surface area (Å²) in [6.45, 7) is 21.1. The van der Waals surface area contributed by atoms with Gasteiger partial charge in [0.15, 0.2) is 41.1 Å². The fourth-order valence-corrected chi connectivity index (χ4v) is 8.37. The Labute approximate surface area is 412 Å². The van der Waals surface area contributed by atoms with Crippen LogP contribution in [-0.2, 0) is 31.9 Å². The number of anilines is 2. The number of aliphatic hydroxyl groups is 1. The number of carbonyl (C=O) groups excluding carboxylic acids is 4. The molecular formula is C53H72N8O9. The second-order valence-electron chi connectivity index (χ2n) is 22.3. The highest BCUT2D eigenvalue weighted by molar-refractivity contribution is 6.01. The molecule has 3 aliphatic rings. The first-order valence-corrected chi connectivity index (χ1v) is 24.3. The van der Waals surface area contributed by atoms with E-state index < -0.39 is 11.2 Å². The molecule has 4 aromatic heterocycles. The van der Waals surface area contributed by atoms with Crippen molar-refractivity contribution in [2.75, 3.05) is 56.8 Å². The van der Waals surface area contributed by atoms with Gasteiger partial charge in [-0.25, -0.2) is 19.9 Å². The Bertz CT molecular complexity index is 2540. The largest absolute Gasteiger partial charge is 0.490 e. The quantitative estimate of drug-likeness (QED) is 0.0999. The van der Waals surface area contributed by atoms with Crippen LogP contribution < -0.4 is 19.3 Å². The van der Waals surface area contributed by atoms with Gasteiger partial charge in [0.25, 0.3) is 0 Å². The van der Waals surface area contributed by atoms with Crippen LogP contribution >= 0.6 is 0 Å². The fraction of sp³-hybridized carbons (Fsp3) is 0.585. The van der Waals surface area contributed by atoms with Crippen LogP contribution in [0.15, 0.2) is 36.7 Å². The second kappa shape index (κ2) is 22.1. The number of hydrogen-bond acceptors (Lipinski definition) is 17. The van der Waals surface area contributed by atoms with Crippen molar-refractivity contribution in [3.8, 4) is 34.5 Å². The minimum atomic E-state index is -0.977. The average molecular weight is 965 g/mol. The van der Waals surface area contributed by atoms with Gasteiger partial charge in [0, 0.05) is 82.0 Å². The highest BCUT2D eigenvalue weighted by atomic mass is 16.7. The van der Waals surface area contributed by atoms with E-state index >= 15 is 0 Å². The van der Waals surface area contributed by atoms with E-state index in [9.17, 15) is 24.3 Å². The first-order valence-electron chi connectivity index (χ1n) is 24.3. The Hall–Kier alpha value is -5.78.